The van der Waals surface area contributed by atoms with Crippen molar-refractivity contribution in [3.8, 4) is 5.75 Å². The van der Waals surface area contributed by atoms with Crippen LogP contribution in [0.5, 0.6) is 5.75 Å². The lowest BCUT2D eigenvalue weighted by Gasteiger charge is -2.22. The molecule has 94 valence electrons. The fourth-order valence-electron chi connectivity index (χ4n) is 2.71. The minimum absolute atomic E-state index is 0.406. The maximum Gasteiger partial charge on any atom is 0.137 e. The average Bonchev–Trinajstić information content (AvgIpc) is 2.74. The molecule has 1 aromatic rings. The maximum atomic E-state index is 6.17. The van der Waals surface area contributed by atoms with Crippen molar-refractivity contribution < 1.29 is 4.74 Å². The fraction of sp³-hybridized carbons (Fsp3) is 0.571. The van der Waals surface area contributed by atoms with Crippen LogP contribution in [-0.2, 0) is 0 Å². The second-order valence-electron chi connectivity index (χ2n) is 4.87. The molecule has 1 saturated carbocycles. The summed E-state index contributed by atoms with van der Waals surface area (Å²) in [5, 5.41) is 0.695. The molecule has 0 saturated heterocycles. The molecule has 0 aliphatic heterocycles. The summed E-state index contributed by atoms with van der Waals surface area (Å²) >= 11 is 10.0. The molecule has 1 aromatic carbocycles. The highest BCUT2D eigenvalue weighted by molar-refractivity contribution is 9.09. The largest absolute Gasteiger partial charge is 0.495 e. The van der Waals surface area contributed by atoms with Crippen molar-refractivity contribution in [3.05, 3.63) is 28.8 Å². The Bertz CT molecular complexity index is 394. The van der Waals surface area contributed by atoms with Crippen molar-refractivity contribution in [1.82, 2.24) is 0 Å². The third-order valence-corrected chi connectivity index (χ3v) is 5.30. The lowest BCUT2D eigenvalue weighted by atomic mass is 9.91. The number of rotatable bonds is 3. The quantitative estimate of drug-likeness (QED) is 0.694. The summed E-state index contributed by atoms with van der Waals surface area (Å²) in [5.41, 5.74) is 1.26. The number of alkyl halides is 1. The molecular weight excluding hydrogens is 300 g/mol. The Morgan fingerprint density at radius 3 is 2.71 bits per heavy atom. The molecular formula is C14H18BrClO. The van der Waals surface area contributed by atoms with Crippen LogP contribution in [0.15, 0.2) is 18.2 Å². The van der Waals surface area contributed by atoms with Gasteiger partial charge in [-0.25, -0.2) is 0 Å². The van der Waals surface area contributed by atoms with E-state index in [0.29, 0.717) is 9.85 Å². The molecule has 1 aliphatic rings. The lowest BCUT2D eigenvalue weighted by Crippen LogP contribution is -2.10. The van der Waals surface area contributed by atoms with E-state index in [9.17, 15) is 0 Å². The van der Waals surface area contributed by atoms with Crippen LogP contribution >= 0.6 is 27.5 Å². The highest BCUT2D eigenvalue weighted by Gasteiger charge is 2.30. The number of hydrogen-bond donors (Lipinski definition) is 0. The van der Waals surface area contributed by atoms with Crippen LogP contribution in [0.25, 0.3) is 0 Å². The smallest absolute Gasteiger partial charge is 0.137 e. The van der Waals surface area contributed by atoms with Crippen molar-refractivity contribution in [2.24, 2.45) is 11.8 Å². The molecule has 3 heteroatoms. The second-order valence-corrected chi connectivity index (χ2v) is 6.26. The topological polar surface area (TPSA) is 9.23 Å². The van der Waals surface area contributed by atoms with Gasteiger partial charge in [-0.3, -0.25) is 0 Å². The van der Waals surface area contributed by atoms with Gasteiger partial charge in [-0.05, 0) is 36.0 Å². The number of ether oxygens (including phenoxy) is 1. The van der Waals surface area contributed by atoms with Crippen LogP contribution in [0, 0.1) is 11.8 Å². The predicted molar refractivity (Wildman–Crippen MR) is 76.2 cm³/mol. The summed E-state index contributed by atoms with van der Waals surface area (Å²) in [5.74, 6) is 2.26. The SMILES string of the molecule is COc1ccc(C(Br)C2CCCC2C)cc1Cl. The minimum atomic E-state index is 0.406. The summed E-state index contributed by atoms with van der Waals surface area (Å²) in [6.45, 7) is 2.34. The molecule has 0 N–H and O–H groups in total. The van der Waals surface area contributed by atoms with Crippen molar-refractivity contribution in [2.75, 3.05) is 7.11 Å². The minimum Gasteiger partial charge on any atom is -0.495 e. The molecule has 1 aliphatic carbocycles. The molecule has 0 amide bonds. The zero-order valence-electron chi connectivity index (χ0n) is 10.2. The van der Waals surface area contributed by atoms with Gasteiger partial charge in [0.15, 0.2) is 0 Å². The molecule has 3 unspecified atom stereocenters. The van der Waals surface area contributed by atoms with Gasteiger partial charge in [0.2, 0.25) is 0 Å². The lowest BCUT2D eigenvalue weighted by molar-refractivity contribution is 0.409. The monoisotopic (exact) mass is 316 g/mol. The number of methoxy groups -OCH3 is 1. The third-order valence-electron chi connectivity index (χ3n) is 3.80. The molecule has 17 heavy (non-hydrogen) atoms. The van der Waals surface area contributed by atoms with Gasteiger partial charge in [-0.15, -0.1) is 0 Å². The second kappa shape index (κ2) is 5.62. The zero-order chi connectivity index (χ0) is 12.4. The molecule has 0 radical (unpaired) electrons. The molecule has 0 spiro atoms. The van der Waals surface area contributed by atoms with E-state index < -0.39 is 0 Å². The van der Waals surface area contributed by atoms with Crippen LogP contribution < -0.4 is 4.74 Å². The van der Waals surface area contributed by atoms with Gasteiger partial charge in [0, 0.05) is 4.83 Å². The van der Waals surface area contributed by atoms with Crippen molar-refractivity contribution in [2.45, 2.75) is 31.0 Å². The molecule has 1 fully saturated rings. The third kappa shape index (κ3) is 2.79. The first kappa shape index (κ1) is 13.2. The first-order valence-corrected chi connectivity index (χ1v) is 7.40. The summed E-state index contributed by atoms with van der Waals surface area (Å²) in [7, 11) is 1.64. The summed E-state index contributed by atoms with van der Waals surface area (Å²) < 4.78 is 5.18. The Hall–Kier alpha value is -0.210. The van der Waals surface area contributed by atoms with Crippen LogP contribution in [0.4, 0.5) is 0 Å². The normalized spacial score (nSPS) is 25.9. The molecule has 1 nitrogen and oxygen atoms in total. The number of benzene rings is 1. The first-order valence-electron chi connectivity index (χ1n) is 6.11. The van der Waals surface area contributed by atoms with Crippen LogP contribution in [0.3, 0.4) is 0 Å². The van der Waals surface area contributed by atoms with Gasteiger partial charge in [-0.2, -0.15) is 0 Å². The van der Waals surface area contributed by atoms with Gasteiger partial charge in [0.1, 0.15) is 5.75 Å². The number of halogens is 2. The standard InChI is InChI=1S/C14H18BrClO/c1-9-4-3-5-11(9)14(15)10-6-7-13(17-2)12(16)8-10/h6-9,11,14H,3-5H2,1-2H3. The van der Waals surface area contributed by atoms with E-state index in [-0.39, 0.29) is 0 Å². The summed E-state index contributed by atoms with van der Waals surface area (Å²) in [6.07, 6.45) is 4.00. The Balaban J connectivity index is 2.19. The van der Waals surface area contributed by atoms with Crippen LogP contribution in [-0.4, -0.2) is 7.11 Å². The molecule has 0 bridgehead atoms. The van der Waals surface area contributed by atoms with Crippen molar-refractivity contribution >= 4 is 27.5 Å². The maximum absolute atomic E-state index is 6.17. The van der Waals surface area contributed by atoms with Gasteiger partial charge in [0.05, 0.1) is 12.1 Å². The Kier molecular flexibility index (Phi) is 4.37. The van der Waals surface area contributed by atoms with Crippen molar-refractivity contribution in [1.29, 1.82) is 0 Å². The Morgan fingerprint density at radius 2 is 2.18 bits per heavy atom. The van der Waals surface area contributed by atoms with E-state index in [1.807, 2.05) is 12.1 Å². The van der Waals surface area contributed by atoms with E-state index in [2.05, 4.69) is 28.9 Å². The van der Waals surface area contributed by atoms with E-state index in [4.69, 9.17) is 16.3 Å². The molecule has 0 aromatic heterocycles. The van der Waals surface area contributed by atoms with Gasteiger partial charge < -0.3 is 4.74 Å². The Morgan fingerprint density at radius 1 is 1.41 bits per heavy atom. The predicted octanol–water partition coefficient (Wildman–Crippen LogP) is 5.22. The molecule has 2 rings (SSSR count). The highest BCUT2D eigenvalue weighted by atomic mass is 79.9. The van der Waals surface area contributed by atoms with E-state index in [1.165, 1.54) is 24.8 Å². The summed E-state index contributed by atoms with van der Waals surface area (Å²) in [6, 6.07) is 6.07. The summed E-state index contributed by atoms with van der Waals surface area (Å²) in [4.78, 5) is 0.406. The first-order chi connectivity index (χ1) is 8.13. The zero-order valence-corrected chi connectivity index (χ0v) is 12.6. The molecule has 3 atom stereocenters. The van der Waals surface area contributed by atoms with Gasteiger partial charge >= 0.3 is 0 Å². The molecule has 0 heterocycles. The van der Waals surface area contributed by atoms with Crippen LogP contribution in [0.2, 0.25) is 5.02 Å². The Labute approximate surface area is 117 Å². The highest BCUT2D eigenvalue weighted by Crippen LogP contribution is 2.45. The van der Waals surface area contributed by atoms with Crippen molar-refractivity contribution in [3.63, 3.8) is 0 Å². The number of hydrogen-bond acceptors (Lipinski definition) is 1. The van der Waals surface area contributed by atoms with Gasteiger partial charge in [0.25, 0.3) is 0 Å². The van der Waals surface area contributed by atoms with E-state index >= 15 is 0 Å². The van der Waals surface area contributed by atoms with Gasteiger partial charge in [-0.1, -0.05) is 53.4 Å². The van der Waals surface area contributed by atoms with E-state index in [1.54, 1.807) is 7.11 Å². The average molecular weight is 318 g/mol. The fourth-order valence-corrected chi connectivity index (χ4v) is 4.05. The van der Waals surface area contributed by atoms with Crippen LogP contribution in [0.1, 0.15) is 36.6 Å². The van der Waals surface area contributed by atoms with E-state index in [0.717, 1.165) is 17.6 Å².